The van der Waals surface area contributed by atoms with Crippen LogP contribution >= 0.6 is 0 Å². The maximum Gasteiger partial charge on any atom is 0.148 e. The third kappa shape index (κ3) is 3.15. The van der Waals surface area contributed by atoms with Crippen molar-refractivity contribution in [2.24, 2.45) is 0 Å². The fraction of sp³-hybridized carbons (Fsp3) is 0.208. The molecule has 3 atom stereocenters. The molecule has 0 saturated heterocycles. The molecule has 25 heavy (non-hydrogen) atoms. The lowest BCUT2D eigenvalue weighted by Crippen LogP contribution is -2.31. The molecule has 0 aliphatic heterocycles. The highest BCUT2D eigenvalue weighted by Gasteiger charge is 2.40. The fourth-order valence-corrected chi connectivity index (χ4v) is 4.20. The average molecular weight is 326 g/mol. The molecule has 1 nitrogen and oxygen atoms in total. The van der Waals surface area contributed by atoms with Crippen molar-refractivity contribution < 1.29 is 4.79 Å². The zero-order valence-corrected chi connectivity index (χ0v) is 14.2. The van der Waals surface area contributed by atoms with Crippen molar-refractivity contribution in [3.63, 3.8) is 0 Å². The first kappa shape index (κ1) is 15.8. The Morgan fingerprint density at radius 3 is 1.60 bits per heavy atom. The topological polar surface area (TPSA) is 17.1 Å². The van der Waals surface area contributed by atoms with E-state index < -0.39 is 0 Å². The molecule has 0 spiro atoms. The van der Waals surface area contributed by atoms with Crippen LogP contribution in [0.1, 0.15) is 47.3 Å². The lowest BCUT2D eigenvalue weighted by Gasteiger charge is -2.36. The summed E-state index contributed by atoms with van der Waals surface area (Å²) in [7, 11) is 0. The Balaban J connectivity index is 1.75. The van der Waals surface area contributed by atoms with Crippen LogP contribution in [0, 0.1) is 0 Å². The van der Waals surface area contributed by atoms with Crippen molar-refractivity contribution in [3.8, 4) is 0 Å². The van der Waals surface area contributed by atoms with E-state index in [1.54, 1.807) is 0 Å². The van der Waals surface area contributed by atoms with Crippen LogP contribution in [-0.2, 0) is 4.79 Å². The molecule has 0 aromatic heterocycles. The van der Waals surface area contributed by atoms with Gasteiger partial charge in [0.15, 0.2) is 0 Å². The number of rotatable bonds is 3. The molecule has 3 aromatic carbocycles. The summed E-state index contributed by atoms with van der Waals surface area (Å²) in [6.45, 7) is 0. The Morgan fingerprint density at radius 1 is 0.560 bits per heavy atom. The van der Waals surface area contributed by atoms with Crippen LogP contribution in [0.3, 0.4) is 0 Å². The van der Waals surface area contributed by atoms with Gasteiger partial charge in [-0.3, -0.25) is 4.79 Å². The number of Topliss-reactive ketones (excluding diaryl/α,β-unsaturated/α-hetero) is 1. The van der Waals surface area contributed by atoms with Gasteiger partial charge in [-0.25, -0.2) is 0 Å². The van der Waals surface area contributed by atoms with Crippen molar-refractivity contribution in [2.45, 2.75) is 30.6 Å². The van der Waals surface area contributed by atoms with E-state index in [0.29, 0.717) is 5.78 Å². The second kappa shape index (κ2) is 7.06. The van der Waals surface area contributed by atoms with Gasteiger partial charge in [0.1, 0.15) is 5.78 Å². The fourth-order valence-electron chi connectivity index (χ4n) is 4.20. The highest BCUT2D eigenvalue weighted by molar-refractivity contribution is 5.93. The van der Waals surface area contributed by atoms with E-state index in [1.807, 2.05) is 42.5 Å². The summed E-state index contributed by atoms with van der Waals surface area (Å²) >= 11 is 0. The van der Waals surface area contributed by atoms with Gasteiger partial charge in [-0.1, -0.05) is 91.0 Å². The zero-order valence-electron chi connectivity index (χ0n) is 14.2. The van der Waals surface area contributed by atoms with Crippen LogP contribution in [0.2, 0.25) is 0 Å². The summed E-state index contributed by atoms with van der Waals surface area (Å²) in [5.74, 6) is 0.558. The summed E-state index contributed by atoms with van der Waals surface area (Å²) in [6, 6.07) is 31.1. The molecular formula is C24H22O. The van der Waals surface area contributed by atoms with E-state index in [1.165, 1.54) is 5.56 Å². The minimum atomic E-state index is -0.0671. The highest BCUT2D eigenvalue weighted by Crippen LogP contribution is 2.46. The van der Waals surface area contributed by atoms with Gasteiger partial charge in [0.25, 0.3) is 0 Å². The summed E-state index contributed by atoms with van der Waals surface area (Å²) in [5, 5.41) is 0. The summed E-state index contributed by atoms with van der Waals surface area (Å²) in [6.07, 6.45) is 1.96. The predicted octanol–water partition coefficient (Wildman–Crippen LogP) is 5.70. The molecule has 1 fully saturated rings. The Labute approximate surface area is 149 Å². The van der Waals surface area contributed by atoms with Gasteiger partial charge < -0.3 is 0 Å². The van der Waals surface area contributed by atoms with Crippen LogP contribution in [0.25, 0.3) is 0 Å². The Morgan fingerprint density at radius 2 is 1.04 bits per heavy atom. The molecule has 0 amide bonds. The van der Waals surface area contributed by atoms with E-state index in [0.717, 1.165) is 24.0 Å². The average Bonchev–Trinajstić information content (AvgIpc) is 2.70. The van der Waals surface area contributed by atoms with Gasteiger partial charge in [0.2, 0.25) is 0 Å². The quantitative estimate of drug-likeness (QED) is 0.603. The van der Waals surface area contributed by atoms with E-state index in [9.17, 15) is 4.79 Å². The van der Waals surface area contributed by atoms with E-state index >= 15 is 0 Å². The third-order valence-corrected chi connectivity index (χ3v) is 5.41. The van der Waals surface area contributed by atoms with Crippen molar-refractivity contribution in [1.82, 2.24) is 0 Å². The normalized spacial score (nSPS) is 23.4. The van der Waals surface area contributed by atoms with Gasteiger partial charge in [0, 0.05) is 5.92 Å². The number of hydrogen-bond acceptors (Lipinski definition) is 1. The lowest BCUT2D eigenvalue weighted by atomic mass is 9.66. The van der Waals surface area contributed by atoms with Crippen LogP contribution in [0.5, 0.6) is 0 Å². The number of benzene rings is 3. The largest absolute Gasteiger partial charge is 0.298 e. The number of carbonyl (C=O) groups is 1. The molecule has 1 heteroatoms. The Bertz CT molecular complexity index is 824. The smallest absolute Gasteiger partial charge is 0.148 e. The molecule has 1 aliphatic carbocycles. The Kier molecular flexibility index (Phi) is 4.47. The van der Waals surface area contributed by atoms with Crippen molar-refractivity contribution in [2.75, 3.05) is 0 Å². The predicted molar refractivity (Wildman–Crippen MR) is 102 cm³/mol. The first-order valence-corrected chi connectivity index (χ1v) is 9.03. The lowest BCUT2D eigenvalue weighted by molar-refractivity contribution is -0.124. The second-order valence-electron chi connectivity index (χ2n) is 6.85. The summed E-state index contributed by atoms with van der Waals surface area (Å²) < 4.78 is 0. The first-order valence-electron chi connectivity index (χ1n) is 9.03. The van der Waals surface area contributed by atoms with Gasteiger partial charge >= 0.3 is 0 Å². The monoisotopic (exact) mass is 326 g/mol. The number of ketones is 1. The highest BCUT2D eigenvalue weighted by atomic mass is 16.1. The standard InChI is InChI=1S/C24H22O/c25-24-22(19-12-6-2-7-13-19)17-16-21(18-10-4-1-5-11-18)23(24)20-14-8-3-9-15-20/h1-15,21-23H,16-17H2. The summed E-state index contributed by atoms with van der Waals surface area (Å²) in [4.78, 5) is 13.5. The zero-order chi connectivity index (χ0) is 17.1. The van der Waals surface area contributed by atoms with Gasteiger partial charge in [-0.05, 0) is 35.4 Å². The van der Waals surface area contributed by atoms with Crippen molar-refractivity contribution >= 4 is 5.78 Å². The first-order chi connectivity index (χ1) is 12.3. The molecular weight excluding hydrogens is 304 g/mol. The number of carbonyl (C=O) groups excluding carboxylic acids is 1. The molecule has 0 bridgehead atoms. The maximum absolute atomic E-state index is 13.5. The van der Waals surface area contributed by atoms with Crippen LogP contribution in [-0.4, -0.2) is 5.78 Å². The molecule has 0 radical (unpaired) electrons. The van der Waals surface area contributed by atoms with Crippen LogP contribution in [0.15, 0.2) is 91.0 Å². The van der Waals surface area contributed by atoms with Gasteiger partial charge in [0.05, 0.1) is 5.92 Å². The summed E-state index contributed by atoms with van der Waals surface area (Å²) in [5.41, 5.74) is 3.57. The van der Waals surface area contributed by atoms with Crippen LogP contribution in [0.4, 0.5) is 0 Å². The second-order valence-corrected chi connectivity index (χ2v) is 6.85. The minimum absolute atomic E-state index is 0.00590. The van der Waals surface area contributed by atoms with Crippen molar-refractivity contribution in [1.29, 1.82) is 0 Å². The van der Waals surface area contributed by atoms with E-state index in [2.05, 4.69) is 48.5 Å². The van der Waals surface area contributed by atoms with Crippen LogP contribution < -0.4 is 0 Å². The third-order valence-electron chi connectivity index (χ3n) is 5.41. The molecule has 4 rings (SSSR count). The molecule has 124 valence electrons. The minimum Gasteiger partial charge on any atom is -0.298 e. The van der Waals surface area contributed by atoms with Gasteiger partial charge in [-0.2, -0.15) is 0 Å². The molecule has 1 saturated carbocycles. The molecule has 3 unspecified atom stereocenters. The SMILES string of the molecule is O=C1C(c2ccccc2)CCC(c2ccccc2)C1c1ccccc1. The van der Waals surface area contributed by atoms with E-state index in [4.69, 9.17) is 0 Å². The Hall–Kier alpha value is -2.67. The number of hydrogen-bond donors (Lipinski definition) is 0. The van der Waals surface area contributed by atoms with E-state index in [-0.39, 0.29) is 17.8 Å². The molecule has 1 aliphatic rings. The molecule has 0 heterocycles. The van der Waals surface area contributed by atoms with Crippen molar-refractivity contribution in [3.05, 3.63) is 108 Å². The maximum atomic E-state index is 13.5. The molecule has 0 N–H and O–H groups in total. The van der Waals surface area contributed by atoms with Gasteiger partial charge in [-0.15, -0.1) is 0 Å². The molecule has 3 aromatic rings.